The molecule has 0 atom stereocenters. The first kappa shape index (κ1) is 24.5. The summed E-state index contributed by atoms with van der Waals surface area (Å²) in [6.07, 6.45) is 5.96. The summed E-state index contributed by atoms with van der Waals surface area (Å²) in [5, 5.41) is 10.4. The molecule has 186 valence electrons. The molecule has 1 fully saturated rings. The second kappa shape index (κ2) is 11.7. The lowest BCUT2D eigenvalue weighted by atomic mass is 9.95. The van der Waals surface area contributed by atoms with Gasteiger partial charge in [0.2, 0.25) is 0 Å². The van der Waals surface area contributed by atoms with Crippen LogP contribution >= 0.6 is 11.8 Å². The molecule has 36 heavy (non-hydrogen) atoms. The average molecular weight is 499 g/mol. The Morgan fingerprint density at radius 2 is 1.56 bits per heavy atom. The van der Waals surface area contributed by atoms with E-state index in [2.05, 4.69) is 99.2 Å². The molecule has 0 N–H and O–H groups in total. The van der Waals surface area contributed by atoms with E-state index in [1.165, 1.54) is 22.4 Å². The van der Waals surface area contributed by atoms with Gasteiger partial charge in [-0.1, -0.05) is 60.3 Å². The van der Waals surface area contributed by atoms with Gasteiger partial charge in [-0.15, -0.1) is 10.2 Å². The second-order valence-electron chi connectivity index (χ2n) is 9.67. The van der Waals surface area contributed by atoms with Gasteiger partial charge >= 0.3 is 0 Å². The highest BCUT2D eigenvalue weighted by Gasteiger charge is 2.26. The van der Waals surface area contributed by atoms with E-state index in [1.54, 1.807) is 11.8 Å². The molecule has 0 aliphatic carbocycles. The zero-order chi connectivity index (χ0) is 24.7. The molecule has 4 aromatic rings. The van der Waals surface area contributed by atoms with Gasteiger partial charge in [-0.2, -0.15) is 0 Å². The third-order valence-corrected chi connectivity index (χ3v) is 7.87. The lowest BCUT2D eigenvalue weighted by molar-refractivity contribution is 0.200. The van der Waals surface area contributed by atoms with E-state index in [4.69, 9.17) is 5.10 Å². The van der Waals surface area contributed by atoms with Crippen LogP contribution in [0.2, 0.25) is 0 Å². The van der Waals surface area contributed by atoms with E-state index >= 15 is 0 Å². The predicted molar refractivity (Wildman–Crippen MR) is 147 cm³/mol. The van der Waals surface area contributed by atoms with Gasteiger partial charge in [0.1, 0.15) is 5.82 Å². The van der Waals surface area contributed by atoms with E-state index in [0.29, 0.717) is 5.92 Å². The summed E-state index contributed by atoms with van der Waals surface area (Å²) in [6.45, 7) is 3.97. The molecule has 6 nitrogen and oxygen atoms in total. The van der Waals surface area contributed by atoms with Gasteiger partial charge in [-0.25, -0.2) is 0 Å². The van der Waals surface area contributed by atoms with Crippen LogP contribution in [0, 0.1) is 0 Å². The highest BCUT2D eigenvalue weighted by Crippen LogP contribution is 2.31. The average Bonchev–Trinajstić information content (AvgIpc) is 3.31. The Kier molecular flexibility index (Phi) is 7.98. The van der Waals surface area contributed by atoms with E-state index in [-0.39, 0.29) is 0 Å². The van der Waals surface area contributed by atoms with Gasteiger partial charge in [-0.3, -0.25) is 9.88 Å². The molecule has 1 saturated heterocycles. The Morgan fingerprint density at radius 1 is 0.833 bits per heavy atom. The van der Waals surface area contributed by atoms with Crippen molar-refractivity contribution in [1.82, 2.24) is 24.6 Å². The molecule has 0 saturated carbocycles. The summed E-state index contributed by atoms with van der Waals surface area (Å²) in [6, 6.07) is 23.7. The molecule has 3 heterocycles. The summed E-state index contributed by atoms with van der Waals surface area (Å²) < 4.78 is 2.34. The van der Waals surface area contributed by atoms with Crippen LogP contribution in [0.1, 0.15) is 41.3 Å². The fraction of sp³-hybridized carbons (Fsp3) is 0.345. The fourth-order valence-corrected chi connectivity index (χ4v) is 5.64. The maximum Gasteiger partial charge on any atom is 0.191 e. The number of hydrogen-bond donors (Lipinski definition) is 0. The lowest BCUT2D eigenvalue weighted by Crippen LogP contribution is -2.33. The molecule has 5 rings (SSSR count). The number of pyridine rings is 1. The predicted octanol–water partition coefficient (Wildman–Crippen LogP) is 5.46. The first-order valence-corrected chi connectivity index (χ1v) is 13.6. The second-order valence-corrected chi connectivity index (χ2v) is 10.6. The number of hydrogen-bond acceptors (Lipinski definition) is 6. The van der Waals surface area contributed by atoms with Crippen molar-refractivity contribution in [3.05, 3.63) is 102 Å². The van der Waals surface area contributed by atoms with E-state index in [9.17, 15) is 0 Å². The first-order chi connectivity index (χ1) is 17.7. The summed E-state index contributed by atoms with van der Waals surface area (Å²) in [7, 11) is 4.16. The molecule has 7 heteroatoms. The molecular weight excluding hydrogens is 464 g/mol. The standard InChI is InChI=1S/C29H34N6S/c1-33(2)27-12-10-24(11-13-27)20-34-17-14-26(15-18-34)28-31-32-29(36-22-25-9-6-16-30-19-25)35(28)21-23-7-4-3-5-8-23/h3-13,16,19,26H,14-15,17-18,20-22H2,1-2H3. The fourth-order valence-electron chi connectivity index (χ4n) is 4.76. The van der Waals surface area contributed by atoms with E-state index < -0.39 is 0 Å². The quantitative estimate of drug-likeness (QED) is 0.286. The van der Waals surface area contributed by atoms with E-state index in [0.717, 1.165) is 55.8 Å². The minimum Gasteiger partial charge on any atom is -0.378 e. The number of piperidine rings is 1. The third-order valence-electron chi connectivity index (χ3n) is 6.83. The van der Waals surface area contributed by atoms with Crippen molar-refractivity contribution in [3.63, 3.8) is 0 Å². The Morgan fingerprint density at radius 3 is 2.25 bits per heavy atom. The monoisotopic (exact) mass is 498 g/mol. The number of benzene rings is 2. The molecule has 1 aliphatic rings. The number of likely N-dealkylation sites (tertiary alicyclic amines) is 1. The Balaban J connectivity index is 1.27. The molecule has 0 unspecified atom stereocenters. The molecule has 0 bridgehead atoms. The topological polar surface area (TPSA) is 50.1 Å². The van der Waals surface area contributed by atoms with Gasteiger partial charge in [0.15, 0.2) is 5.16 Å². The van der Waals surface area contributed by atoms with Gasteiger partial charge in [0.05, 0.1) is 6.54 Å². The van der Waals surface area contributed by atoms with E-state index in [1.807, 2.05) is 18.5 Å². The van der Waals surface area contributed by atoms with Crippen LogP contribution in [0.3, 0.4) is 0 Å². The van der Waals surface area contributed by atoms with Crippen molar-refractivity contribution < 1.29 is 0 Å². The molecule has 0 amide bonds. The Labute approximate surface area is 218 Å². The third kappa shape index (κ3) is 6.15. The highest BCUT2D eigenvalue weighted by atomic mass is 32.2. The Bertz CT molecular complexity index is 1220. The molecular formula is C29H34N6S. The minimum atomic E-state index is 0.432. The van der Waals surface area contributed by atoms with Gasteiger partial charge in [0, 0.05) is 50.4 Å². The number of thioether (sulfide) groups is 1. The van der Waals surface area contributed by atoms with Crippen LogP contribution in [0.5, 0.6) is 0 Å². The summed E-state index contributed by atoms with van der Waals surface area (Å²) in [5.41, 5.74) is 5.10. The molecule has 2 aromatic heterocycles. The summed E-state index contributed by atoms with van der Waals surface area (Å²) in [4.78, 5) is 8.96. The number of rotatable bonds is 9. The molecule has 0 radical (unpaired) electrons. The lowest BCUT2D eigenvalue weighted by Gasteiger charge is -2.31. The van der Waals surface area contributed by atoms with Crippen LogP contribution < -0.4 is 4.90 Å². The summed E-state index contributed by atoms with van der Waals surface area (Å²) in [5.74, 6) is 2.40. The molecule has 0 spiro atoms. The zero-order valence-corrected chi connectivity index (χ0v) is 21.9. The van der Waals surface area contributed by atoms with Crippen LogP contribution in [-0.4, -0.2) is 51.8 Å². The molecule has 1 aliphatic heterocycles. The smallest absolute Gasteiger partial charge is 0.191 e. The van der Waals surface area contributed by atoms with Crippen LogP contribution in [0.15, 0.2) is 84.3 Å². The van der Waals surface area contributed by atoms with Crippen LogP contribution in [0.4, 0.5) is 5.69 Å². The van der Waals surface area contributed by atoms with Crippen molar-refractivity contribution in [2.24, 2.45) is 0 Å². The van der Waals surface area contributed by atoms with Crippen molar-refractivity contribution in [2.45, 2.75) is 42.8 Å². The number of nitrogens with zero attached hydrogens (tertiary/aromatic N) is 6. The first-order valence-electron chi connectivity index (χ1n) is 12.6. The van der Waals surface area contributed by atoms with Crippen molar-refractivity contribution in [2.75, 3.05) is 32.1 Å². The minimum absolute atomic E-state index is 0.432. The van der Waals surface area contributed by atoms with Crippen molar-refractivity contribution in [3.8, 4) is 0 Å². The number of aromatic nitrogens is 4. The molecule has 2 aromatic carbocycles. The van der Waals surface area contributed by atoms with Crippen LogP contribution in [-0.2, 0) is 18.8 Å². The van der Waals surface area contributed by atoms with Crippen LogP contribution in [0.25, 0.3) is 0 Å². The highest BCUT2D eigenvalue weighted by molar-refractivity contribution is 7.98. The maximum absolute atomic E-state index is 4.74. The van der Waals surface area contributed by atoms with Crippen molar-refractivity contribution in [1.29, 1.82) is 0 Å². The summed E-state index contributed by atoms with van der Waals surface area (Å²) >= 11 is 1.75. The van der Waals surface area contributed by atoms with Gasteiger partial charge < -0.3 is 9.47 Å². The number of anilines is 1. The van der Waals surface area contributed by atoms with Gasteiger partial charge in [0.25, 0.3) is 0 Å². The van der Waals surface area contributed by atoms with Crippen molar-refractivity contribution >= 4 is 17.4 Å². The Hall–Kier alpha value is -3.16. The normalized spacial score (nSPS) is 14.7. The van der Waals surface area contributed by atoms with Gasteiger partial charge in [-0.05, 0) is 60.8 Å². The SMILES string of the molecule is CN(C)c1ccc(CN2CCC(c3nnc(SCc4cccnc4)n3Cc3ccccc3)CC2)cc1. The zero-order valence-electron chi connectivity index (χ0n) is 21.1. The largest absolute Gasteiger partial charge is 0.378 e. The maximum atomic E-state index is 4.74.